The van der Waals surface area contributed by atoms with Crippen LogP contribution in [0, 0.1) is 5.41 Å². The summed E-state index contributed by atoms with van der Waals surface area (Å²) in [5, 5.41) is 4.32. The molecule has 0 fully saturated rings. The van der Waals surface area contributed by atoms with Crippen molar-refractivity contribution in [2.45, 2.75) is 53.1 Å². The van der Waals surface area contributed by atoms with E-state index in [1.807, 2.05) is 28.9 Å². The van der Waals surface area contributed by atoms with Gasteiger partial charge in [-0.15, -0.1) is 0 Å². The molecule has 0 aliphatic carbocycles. The highest BCUT2D eigenvalue weighted by molar-refractivity contribution is 6.30. The summed E-state index contributed by atoms with van der Waals surface area (Å²) in [6, 6.07) is 3.80. The van der Waals surface area contributed by atoms with Crippen molar-refractivity contribution in [3.63, 3.8) is 0 Å². The zero-order valence-electron chi connectivity index (χ0n) is 13.0. The minimum atomic E-state index is 0.0890. The molecule has 0 saturated heterocycles. The molecule has 2 aromatic heterocycles. The van der Waals surface area contributed by atoms with Gasteiger partial charge in [0.2, 0.25) is 0 Å². The lowest BCUT2D eigenvalue weighted by Crippen LogP contribution is -2.41. The van der Waals surface area contributed by atoms with E-state index in [1.54, 1.807) is 0 Å². The van der Waals surface area contributed by atoms with E-state index in [9.17, 15) is 0 Å². The Labute approximate surface area is 126 Å². The Balaban J connectivity index is 2.05. The van der Waals surface area contributed by atoms with E-state index in [0.29, 0.717) is 5.41 Å². The molecule has 0 spiro atoms. The fourth-order valence-electron chi connectivity index (χ4n) is 2.82. The SMILES string of the molecule is CC(C)(C)CC(C)(C)NCc1cn2cc(Cl)ccc2n1. The van der Waals surface area contributed by atoms with Crippen molar-refractivity contribution >= 4 is 17.2 Å². The molecule has 110 valence electrons. The fraction of sp³-hybridized carbons (Fsp3) is 0.562. The predicted molar refractivity (Wildman–Crippen MR) is 85.2 cm³/mol. The number of nitrogens with one attached hydrogen (secondary N) is 1. The Bertz CT molecular complexity index is 593. The van der Waals surface area contributed by atoms with Crippen molar-refractivity contribution < 1.29 is 0 Å². The smallest absolute Gasteiger partial charge is 0.137 e. The van der Waals surface area contributed by atoms with Crippen LogP contribution in [0.15, 0.2) is 24.5 Å². The first-order valence-electron chi connectivity index (χ1n) is 7.03. The molecule has 0 aliphatic heterocycles. The monoisotopic (exact) mass is 293 g/mol. The largest absolute Gasteiger partial charge is 0.306 e. The minimum Gasteiger partial charge on any atom is -0.306 e. The summed E-state index contributed by atoms with van der Waals surface area (Å²) in [5.41, 5.74) is 2.36. The molecule has 2 aromatic rings. The molecule has 0 aliphatic rings. The summed E-state index contributed by atoms with van der Waals surface area (Å²) < 4.78 is 1.97. The zero-order valence-corrected chi connectivity index (χ0v) is 13.8. The molecule has 2 heterocycles. The quantitative estimate of drug-likeness (QED) is 0.911. The van der Waals surface area contributed by atoms with Crippen LogP contribution in [-0.2, 0) is 6.54 Å². The highest BCUT2D eigenvalue weighted by Crippen LogP contribution is 2.27. The van der Waals surface area contributed by atoms with Gasteiger partial charge < -0.3 is 9.72 Å². The standard InChI is InChI=1S/C16H24ClN3/c1-15(2,3)11-16(4,5)18-8-13-10-20-9-12(17)6-7-14(20)19-13/h6-7,9-10,18H,8,11H2,1-5H3. The van der Waals surface area contributed by atoms with Gasteiger partial charge in [0.25, 0.3) is 0 Å². The predicted octanol–water partition coefficient (Wildman–Crippen LogP) is 4.29. The number of hydrogen-bond acceptors (Lipinski definition) is 2. The zero-order chi connectivity index (χ0) is 15.0. The Morgan fingerprint density at radius 3 is 2.50 bits per heavy atom. The summed E-state index contributed by atoms with van der Waals surface area (Å²) >= 11 is 5.99. The second-order valence-corrected chi connectivity index (χ2v) is 7.76. The van der Waals surface area contributed by atoms with E-state index < -0.39 is 0 Å². The van der Waals surface area contributed by atoms with Gasteiger partial charge in [-0.25, -0.2) is 4.98 Å². The van der Waals surface area contributed by atoms with E-state index in [4.69, 9.17) is 11.6 Å². The van der Waals surface area contributed by atoms with Crippen LogP contribution in [0.1, 0.15) is 46.7 Å². The molecule has 0 amide bonds. The van der Waals surface area contributed by atoms with Gasteiger partial charge in [0.05, 0.1) is 10.7 Å². The topological polar surface area (TPSA) is 29.3 Å². The summed E-state index contributed by atoms with van der Waals surface area (Å²) in [4.78, 5) is 4.60. The number of pyridine rings is 1. The van der Waals surface area contributed by atoms with Gasteiger partial charge in [-0.1, -0.05) is 32.4 Å². The number of nitrogens with zero attached hydrogens (tertiary/aromatic N) is 2. The Morgan fingerprint density at radius 1 is 1.15 bits per heavy atom. The molecule has 0 bridgehead atoms. The molecule has 0 saturated carbocycles. The molecule has 2 rings (SSSR count). The Morgan fingerprint density at radius 2 is 1.85 bits per heavy atom. The lowest BCUT2D eigenvalue weighted by molar-refractivity contribution is 0.240. The van der Waals surface area contributed by atoms with E-state index in [2.05, 4.69) is 44.9 Å². The third-order valence-corrected chi connectivity index (χ3v) is 3.41. The summed E-state index contributed by atoms with van der Waals surface area (Å²) in [5.74, 6) is 0. The molecule has 4 heteroatoms. The van der Waals surface area contributed by atoms with Gasteiger partial charge in [-0.05, 0) is 37.8 Å². The van der Waals surface area contributed by atoms with E-state index in [0.717, 1.165) is 29.3 Å². The second kappa shape index (κ2) is 5.38. The molecule has 3 nitrogen and oxygen atoms in total. The highest BCUT2D eigenvalue weighted by atomic mass is 35.5. The van der Waals surface area contributed by atoms with Crippen molar-refractivity contribution in [3.05, 3.63) is 35.2 Å². The number of fused-ring (bicyclic) bond motifs is 1. The molecular formula is C16H24ClN3. The van der Waals surface area contributed by atoms with Crippen LogP contribution in [-0.4, -0.2) is 14.9 Å². The number of halogens is 1. The van der Waals surface area contributed by atoms with Crippen molar-refractivity contribution in [2.24, 2.45) is 5.41 Å². The number of hydrogen-bond donors (Lipinski definition) is 1. The number of imidazole rings is 1. The molecule has 0 unspecified atom stereocenters. The summed E-state index contributed by atoms with van der Waals surface area (Å²) in [7, 11) is 0. The maximum absolute atomic E-state index is 5.99. The molecule has 0 radical (unpaired) electrons. The van der Waals surface area contributed by atoms with Crippen LogP contribution in [0.25, 0.3) is 5.65 Å². The normalized spacial score (nSPS) is 13.1. The summed E-state index contributed by atoms with van der Waals surface area (Å²) in [6.45, 7) is 12.0. The van der Waals surface area contributed by atoms with Crippen molar-refractivity contribution in [3.8, 4) is 0 Å². The van der Waals surface area contributed by atoms with Crippen LogP contribution >= 0.6 is 11.6 Å². The van der Waals surface area contributed by atoms with Crippen molar-refractivity contribution in [1.82, 2.24) is 14.7 Å². The average molecular weight is 294 g/mol. The first-order valence-corrected chi connectivity index (χ1v) is 7.41. The van der Waals surface area contributed by atoms with Gasteiger partial charge in [-0.2, -0.15) is 0 Å². The number of rotatable bonds is 4. The van der Waals surface area contributed by atoms with Gasteiger partial charge in [0, 0.05) is 24.5 Å². The van der Waals surface area contributed by atoms with E-state index in [1.165, 1.54) is 0 Å². The van der Waals surface area contributed by atoms with Crippen molar-refractivity contribution in [2.75, 3.05) is 0 Å². The molecular weight excluding hydrogens is 270 g/mol. The lowest BCUT2D eigenvalue weighted by Gasteiger charge is -2.33. The lowest BCUT2D eigenvalue weighted by atomic mass is 9.82. The van der Waals surface area contributed by atoms with Crippen LogP contribution in [0.5, 0.6) is 0 Å². The molecule has 0 aromatic carbocycles. The van der Waals surface area contributed by atoms with Crippen LogP contribution in [0.3, 0.4) is 0 Å². The minimum absolute atomic E-state index is 0.0890. The van der Waals surface area contributed by atoms with Gasteiger partial charge in [-0.3, -0.25) is 0 Å². The Kier molecular flexibility index (Phi) is 4.12. The molecule has 0 atom stereocenters. The van der Waals surface area contributed by atoms with Gasteiger partial charge in [0.15, 0.2) is 0 Å². The van der Waals surface area contributed by atoms with E-state index >= 15 is 0 Å². The maximum Gasteiger partial charge on any atom is 0.137 e. The fourth-order valence-corrected chi connectivity index (χ4v) is 2.99. The Hall–Kier alpha value is -1.06. The van der Waals surface area contributed by atoms with Crippen LogP contribution < -0.4 is 5.32 Å². The number of aromatic nitrogens is 2. The first kappa shape index (κ1) is 15.3. The first-order chi connectivity index (χ1) is 9.15. The van der Waals surface area contributed by atoms with Gasteiger partial charge >= 0.3 is 0 Å². The van der Waals surface area contributed by atoms with Gasteiger partial charge in [0.1, 0.15) is 5.65 Å². The highest BCUT2D eigenvalue weighted by Gasteiger charge is 2.24. The van der Waals surface area contributed by atoms with Crippen molar-refractivity contribution in [1.29, 1.82) is 0 Å². The average Bonchev–Trinajstić information content (AvgIpc) is 2.65. The third kappa shape index (κ3) is 4.22. The van der Waals surface area contributed by atoms with E-state index in [-0.39, 0.29) is 5.54 Å². The summed E-state index contributed by atoms with van der Waals surface area (Å²) in [6.07, 6.45) is 5.02. The van der Waals surface area contributed by atoms with Crippen LogP contribution in [0.4, 0.5) is 0 Å². The molecule has 1 N–H and O–H groups in total. The maximum atomic E-state index is 5.99. The third-order valence-electron chi connectivity index (χ3n) is 3.19. The molecule has 20 heavy (non-hydrogen) atoms. The van der Waals surface area contributed by atoms with Crippen LogP contribution in [0.2, 0.25) is 5.02 Å². The second-order valence-electron chi connectivity index (χ2n) is 7.32.